The number of hydrogen-bond acceptors (Lipinski definition) is 61. The van der Waals surface area contributed by atoms with Gasteiger partial charge >= 0.3 is 0 Å². The molecule has 0 bridgehead atoms. The predicted molar refractivity (Wildman–Crippen MR) is 453 cm³/mol. The Morgan fingerprint density at radius 2 is 0.365 bits per heavy atom. The smallest absolute Gasteiger partial charge is 0.217 e. The summed E-state index contributed by atoms with van der Waals surface area (Å²) in [5.41, 5.74) is 0. The second kappa shape index (κ2) is 53.4. The molecule has 0 aromatic heterocycles. The van der Waals surface area contributed by atoms with Crippen molar-refractivity contribution in [2.24, 2.45) is 0 Å². The normalized spacial score (nSPS) is 49.3. The lowest BCUT2D eigenvalue weighted by Crippen LogP contribution is -2.71. The zero-order valence-corrected chi connectivity index (χ0v) is 79.3. The Morgan fingerprint density at radius 3 is 0.655 bits per heavy atom. The van der Waals surface area contributed by atoms with Gasteiger partial charge in [0, 0.05) is 34.6 Å². The molecule has 1 unspecified atom stereocenters. The summed E-state index contributed by atoms with van der Waals surface area (Å²) in [6.07, 6.45) is -118. The third kappa shape index (κ3) is 26.7. The number of ether oxygens (including phenoxy) is 23. The molecule has 0 aliphatic carbocycles. The van der Waals surface area contributed by atoms with E-state index < -0.39 is 477 Å². The van der Waals surface area contributed by atoms with Crippen LogP contribution in [0.3, 0.4) is 0 Å². The fourth-order valence-electron chi connectivity index (χ4n) is 19.3. The molecule has 856 valence electrons. The quantitative estimate of drug-likeness (QED) is 0.0272. The number of hydrogen-bond donors (Lipinski definition) is 38. The highest BCUT2D eigenvalue weighted by atomic mass is 16.8. The minimum atomic E-state index is -2.66. The van der Waals surface area contributed by atoms with Gasteiger partial charge in [-0.25, -0.2) is 0 Å². The van der Waals surface area contributed by atoms with Crippen molar-refractivity contribution in [3.05, 3.63) is 0 Å². The van der Waals surface area contributed by atoms with Crippen molar-refractivity contribution >= 4 is 29.5 Å². The lowest BCUT2D eigenvalue weighted by atomic mass is 9.93. The molecule has 12 rings (SSSR count). The summed E-state index contributed by atoms with van der Waals surface area (Å²) in [5.74, 6) is -4.84. The first-order valence-corrected chi connectivity index (χ1v) is 47.2. The molecule has 60 atom stereocenters. The summed E-state index contributed by atoms with van der Waals surface area (Å²) >= 11 is 0. The molecule has 12 aliphatic heterocycles. The molecule has 0 spiro atoms. The Kier molecular flexibility index (Phi) is 43.9. The fourth-order valence-corrected chi connectivity index (χ4v) is 19.3. The topological polar surface area (TPSA) is 1030 Å². The second-order valence-electron chi connectivity index (χ2n) is 37.3. The molecular weight excluding hydrogens is 2030 g/mol. The monoisotopic (exact) mass is 2170 g/mol. The number of carbonyl (C=O) groups excluding carboxylic acids is 5. The third-order valence-corrected chi connectivity index (χ3v) is 27.1. The van der Waals surface area contributed by atoms with E-state index in [0.29, 0.717) is 0 Å². The number of nitrogens with one attached hydrogen (secondary N) is 5. The molecule has 12 aliphatic rings. The van der Waals surface area contributed by atoms with Crippen molar-refractivity contribution in [3.63, 3.8) is 0 Å². The van der Waals surface area contributed by atoms with Gasteiger partial charge in [0.1, 0.15) is 293 Å². The molecule has 0 saturated carbocycles. The van der Waals surface area contributed by atoms with Gasteiger partial charge in [-0.3, -0.25) is 24.0 Å². The molecule has 38 N–H and O–H groups in total. The van der Waals surface area contributed by atoms with Gasteiger partial charge in [0.2, 0.25) is 29.5 Å². The van der Waals surface area contributed by atoms with E-state index in [2.05, 4.69) is 26.6 Å². The Labute approximate surface area is 837 Å². The van der Waals surface area contributed by atoms with E-state index in [4.69, 9.17) is 109 Å². The Balaban J connectivity index is 0.816. The molecule has 148 heavy (non-hydrogen) atoms. The first kappa shape index (κ1) is 122. The summed E-state index contributed by atoms with van der Waals surface area (Å²) in [6, 6.07) is -9.79. The molecule has 66 nitrogen and oxygen atoms in total. The minimum absolute atomic E-state index is 0.822. The first-order valence-electron chi connectivity index (χ1n) is 47.2. The van der Waals surface area contributed by atoms with Crippen LogP contribution >= 0.6 is 0 Å². The molecule has 12 fully saturated rings. The van der Waals surface area contributed by atoms with Gasteiger partial charge in [-0.05, 0) is 0 Å². The minimum Gasteiger partial charge on any atom is -0.394 e. The van der Waals surface area contributed by atoms with Crippen LogP contribution < -0.4 is 26.6 Å². The van der Waals surface area contributed by atoms with Crippen molar-refractivity contribution in [3.8, 4) is 0 Å². The van der Waals surface area contributed by atoms with Crippen molar-refractivity contribution in [1.82, 2.24) is 26.6 Å². The standard InChI is InChI=1S/C82H137N5O61/c1-18(99)83-35-47(111)61(29(12-94)127-71(35)125)139-72-36(84-19(2)100)48(112)65(31(14-96)134-72)143-80-60(124)68(146-82-70(55(119)43(107)26(9-91)133-82)148-75-39(87-22(5)103)50(114)62(30(13-95)137-75)140-76-56(120)52(116)40(104)23(6-88)128-76)46(110)34(138-80)17-126-81-69(54(118)42(106)25(8-90)132-81)147-74-38(86-21(4)102)51(115)64(33(16-98)136-74)141-78-58(122)66(44(108)27(10-92)130-78)144-73-37(85-20(3)101)49(113)63(32(15-97)135-73)142-79-59(123)67(45(109)28(11-93)131-79)145-77-57(121)53(117)41(105)24(7-89)129-77/h23-82,88-98,104-125H,6-17H2,1-5H3,(H,83,99)(H,84,100)(H,85,101)(H,86,102)(H,87,103)/t23-,24-,25-,26-,27-,28-,29-,30-,31-,32-,33-,34-,35-,36-,37-,38-,39-,40+,41+,42-,43-,44+,45+,46-,47-,48-,49-,50-,51-,52+,53+,54+,55+,56-,57-,58-,59-,60+,61-,62-,63-,64-,65-,66+,67+,68+,69+,70+,71?,72+,73+,74+,75+,76+,77-,78+,79+,80+,81+,82-/m1/s1. The summed E-state index contributed by atoms with van der Waals surface area (Å²) in [7, 11) is 0. The van der Waals surface area contributed by atoms with Gasteiger partial charge in [-0.1, -0.05) is 0 Å². The lowest BCUT2D eigenvalue weighted by molar-refractivity contribution is -0.399. The predicted octanol–water partition coefficient (Wildman–Crippen LogP) is -26.4. The fraction of sp³-hybridized carbons (Fsp3) is 0.939. The van der Waals surface area contributed by atoms with Gasteiger partial charge in [0.05, 0.1) is 79.3 Å². The molecule has 12 heterocycles. The average molecular weight is 2170 g/mol. The van der Waals surface area contributed by atoms with Crippen molar-refractivity contribution < 1.29 is 301 Å². The van der Waals surface area contributed by atoms with Crippen molar-refractivity contribution in [2.75, 3.05) is 79.3 Å². The molecular formula is C82H137N5O61. The number of amides is 5. The Morgan fingerprint density at radius 1 is 0.176 bits per heavy atom. The first-order chi connectivity index (χ1) is 70.1. The van der Waals surface area contributed by atoms with Crippen LogP contribution in [0.2, 0.25) is 0 Å². The number of aliphatic hydroxyl groups excluding tert-OH is 33. The average Bonchev–Trinajstić information content (AvgIpc) is 0.762. The maximum absolute atomic E-state index is 13.4. The molecule has 0 aromatic rings. The van der Waals surface area contributed by atoms with Gasteiger partial charge in [-0.15, -0.1) is 0 Å². The maximum Gasteiger partial charge on any atom is 0.217 e. The van der Waals surface area contributed by atoms with Crippen LogP contribution in [0.25, 0.3) is 0 Å². The molecule has 5 amide bonds. The van der Waals surface area contributed by atoms with Crippen molar-refractivity contribution in [2.45, 2.75) is 403 Å². The SMILES string of the molecule is CC(=O)N[C@H]1[C@H](O[C@H]2[C@H](O)[C@@H](NC(C)=O)C(O)O[C@@H]2CO)O[C@H](CO)[C@@H](O[C@@H]2O[C@H](CO[C@H]3O[C@H](CO)[C@@H](O)[C@H](O)[C@@H]3O[C@@H]3O[C@H](CO)[C@@H](O[C@@H]4O[C@H](CO)[C@H](O)[C@H](O[C@@H]5O[C@H](CO)[C@@H](O[C@@H]6O[C@H](CO)[C@H](O)[C@H](O[C@H]7O[C@H](CO)[C@H](O)[C@H](O)[C@H]7O)[C@H]6O)[C@H](O)[C@H]5NC(C)=O)[C@H]4O)[C@H](O)[C@H]3NC(C)=O)[C@@H](O)[C@H](O[C@H]3O[C@H](CO)[C@@H](O)[C@H](O)[C@@H]3O[C@@H]3O[C@H](CO)[C@@H](O[C@@H]4O[C@H](CO)[C@H](O)[C@H](O)[C@H]4O)[C@H](O)[C@H]3NC(C)=O)[C@@H]2O)[C@@H]1O. The van der Waals surface area contributed by atoms with Crippen LogP contribution in [-0.4, -0.2) is 645 Å². The van der Waals surface area contributed by atoms with Crippen molar-refractivity contribution in [1.29, 1.82) is 0 Å². The molecule has 0 radical (unpaired) electrons. The summed E-state index contributed by atoms with van der Waals surface area (Å²) < 4.78 is 137. The highest BCUT2D eigenvalue weighted by Crippen LogP contribution is 2.43. The van der Waals surface area contributed by atoms with E-state index in [1.54, 1.807) is 0 Å². The lowest BCUT2D eigenvalue weighted by Gasteiger charge is -2.51. The van der Waals surface area contributed by atoms with Crippen LogP contribution in [-0.2, 0) is 133 Å². The molecule has 66 heteroatoms. The van der Waals surface area contributed by atoms with Crippen LogP contribution in [0.4, 0.5) is 0 Å². The van der Waals surface area contributed by atoms with E-state index in [0.717, 1.165) is 34.6 Å². The molecule has 12 saturated heterocycles. The highest BCUT2D eigenvalue weighted by molar-refractivity contribution is 5.75. The van der Waals surface area contributed by atoms with Crippen LogP contribution in [0.15, 0.2) is 0 Å². The van der Waals surface area contributed by atoms with Gasteiger partial charge in [0.15, 0.2) is 75.5 Å². The number of aliphatic hydroxyl groups is 33. The Bertz CT molecular complexity index is 4130. The van der Waals surface area contributed by atoms with Crippen LogP contribution in [0.1, 0.15) is 34.6 Å². The van der Waals surface area contributed by atoms with E-state index in [1.807, 2.05) is 0 Å². The number of rotatable bonds is 39. The zero-order valence-electron chi connectivity index (χ0n) is 79.3. The van der Waals surface area contributed by atoms with E-state index in [9.17, 15) is 192 Å². The van der Waals surface area contributed by atoms with Crippen LogP contribution in [0.5, 0.6) is 0 Å². The second-order valence-corrected chi connectivity index (χ2v) is 37.3. The maximum atomic E-state index is 13.4. The van der Waals surface area contributed by atoms with E-state index in [-0.39, 0.29) is 0 Å². The summed E-state index contributed by atoms with van der Waals surface area (Å²) in [6.45, 7) is -9.35. The summed E-state index contributed by atoms with van der Waals surface area (Å²) in [5, 5.41) is 383. The largest absolute Gasteiger partial charge is 0.394 e. The third-order valence-electron chi connectivity index (χ3n) is 27.1. The van der Waals surface area contributed by atoms with E-state index >= 15 is 0 Å². The van der Waals surface area contributed by atoms with E-state index in [1.165, 1.54) is 0 Å². The van der Waals surface area contributed by atoms with Gasteiger partial charge in [0.25, 0.3) is 0 Å². The van der Waals surface area contributed by atoms with Gasteiger partial charge < -0.3 is 304 Å². The number of carbonyl (C=O) groups is 5. The highest BCUT2D eigenvalue weighted by Gasteiger charge is 2.64. The molecule has 0 aromatic carbocycles. The summed E-state index contributed by atoms with van der Waals surface area (Å²) in [4.78, 5) is 64.9. The van der Waals surface area contributed by atoms with Gasteiger partial charge in [-0.2, -0.15) is 0 Å². The zero-order chi connectivity index (χ0) is 109. The van der Waals surface area contributed by atoms with Crippen LogP contribution in [0, 0.1) is 0 Å². The Hall–Kier alpha value is -4.89.